The van der Waals surface area contributed by atoms with Crippen molar-refractivity contribution in [2.75, 3.05) is 33.5 Å². The molecule has 1 aromatic rings. The molecule has 1 aliphatic heterocycles. The van der Waals surface area contributed by atoms with Crippen LogP contribution < -0.4 is 4.74 Å². The second-order valence-electron chi connectivity index (χ2n) is 4.25. The minimum absolute atomic E-state index is 0.130. The minimum Gasteiger partial charge on any atom is -0.496 e. The molecule has 104 valence electrons. The molecule has 19 heavy (non-hydrogen) atoms. The van der Waals surface area contributed by atoms with Crippen LogP contribution in [0.3, 0.4) is 0 Å². The molecule has 1 saturated heterocycles. The molecule has 0 radical (unpaired) electrons. The summed E-state index contributed by atoms with van der Waals surface area (Å²) < 4.78 is 10.4. The molecule has 2 rings (SSSR count). The molecule has 0 spiro atoms. The summed E-state index contributed by atoms with van der Waals surface area (Å²) >= 11 is 5.93. The number of rotatable bonds is 3. The van der Waals surface area contributed by atoms with Crippen molar-refractivity contribution >= 4 is 17.5 Å². The van der Waals surface area contributed by atoms with E-state index >= 15 is 0 Å². The molecule has 0 bridgehead atoms. The Labute approximate surface area is 116 Å². The van der Waals surface area contributed by atoms with Gasteiger partial charge in [0.25, 0.3) is 5.91 Å². The molecule has 1 atom stereocenters. The molecular weight excluding hydrogens is 270 g/mol. The third-order valence-electron chi connectivity index (χ3n) is 3.09. The highest BCUT2D eigenvalue weighted by molar-refractivity contribution is 6.31. The van der Waals surface area contributed by atoms with Gasteiger partial charge in [-0.25, -0.2) is 0 Å². The first-order valence-corrected chi connectivity index (χ1v) is 6.38. The lowest BCUT2D eigenvalue weighted by Crippen LogP contribution is -2.50. The summed E-state index contributed by atoms with van der Waals surface area (Å²) in [5.41, 5.74) is 0.398. The number of hydrogen-bond donors (Lipinski definition) is 1. The molecule has 6 heteroatoms. The largest absolute Gasteiger partial charge is 0.496 e. The van der Waals surface area contributed by atoms with Gasteiger partial charge < -0.3 is 19.5 Å². The molecule has 0 aromatic heterocycles. The van der Waals surface area contributed by atoms with E-state index in [1.807, 2.05) is 0 Å². The molecule has 0 unspecified atom stereocenters. The van der Waals surface area contributed by atoms with Crippen molar-refractivity contribution in [1.29, 1.82) is 0 Å². The molecule has 1 aromatic carbocycles. The Kier molecular flexibility index (Phi) is 4.63. The lowest BCUT2D eigenvalue weighted by Gasteiger charge is -2.34. The van der Waals surface area contributed by atoms with E-state index in [1.165, 1.54) is 7.11 Å². The van der Waals surface area contributed by atoms with Crippen LogP contribution in [0, 0.1) is 0 Å². The number of carbonyl (C=O) groups is 1. The summed E-state index contributed by atoms with van der Waals surface area (Å²) in [5, 5.41) is 9.78. The first kappa shape index (κ1) is 14.1. The molecule has 1 N–H and O–H groups in total. The van der Waals surface area contributed by atoms with Crippen molar-refractivity contribution in [3.63, 3.8) is 0 Å². The topological polar surface area (TPSA) is 59.0 Å². The fourth-order valence-electron chi connectivity index (χ4n) is 2.08. The highest BCUT2D eigenvalue weighted by atomic mass is 35.5. The van der Waals surface area contributed by atoms with Crippen molar-refractivity contribution in [2.45, 2.75) is 6.04 Å². The number of nitrogens with zero attached hydrogens (tertiary/aromatic N) is 1. The van der Waals surface area contributed by atoms with E-state index in [-0.39, 0.29) is 18.6 Å². The summed E-state index contributed by atoms with van der Waals surface area (Å²) in [5.74, 6) is 0.263. The van der Waals surface area contributed by atoms with Crippen LogP contribution in [0.5, 0.6) is 5.75 Å². The van der Waals surface area contributed by atoms with Crippen LogP contribution in [-0.4, -0.2) is 55.4 Å². The zero-order valence-electron chi connectivity index (χ0n) is 10.6. The standard InChI is InChI=1S/C13H16ClNO4/c1-18-12-3-2-9(14)6-11(12)13(17)15-4-5-19-8-10(15)7-16/h2-3,6,10,16H,4-5,7-8H2,1H3/t10-/m1/s1. The van der Waals surface area contributed by atoms with E-state index in [0.29, 0.717) is 36.1 Å². The van der Waals surface area contributed by atoms with E-state index in [9.17, 15) is 9.90 Å². The molecule has 1 aliphatic rings. The predicted octanol–water partition coefficient (Wildman–Crippen LogP) is 1.18. The number of ether oxygens (including phenoxy) is 2. The summed E-state index contributed by atoms with van der Waals surface area (Å²) in [6.07, 6.45) is 0. The van der Waals surface area contributed by atoms with Crippen LogP contribution in [-0.2, 0) is 4.74 Å². The fourth-order valence-corrected chi connectivity index (χ4v) is 2.25. The smallest absolute Gasteiger partial charge is 0.258 e. The second kappa shape index (κ2) is 6.23. The maximum absolute atomic E-state index is 12.5. The lowest BCUT2D eigenvalue weighted by atomic mass is 10.1. The van der Waals surface area contributed by atoms with E-state index < -0.39 is 0 Å². The van der Waals surface area contributed by atoms with E-state index in [2.05, 4.69) is 0 Å². The van der Waals surface area contributed by atoms with Crippen molar-refractivity contribution in [3.8, 4) is 5.75 Å². The number of morpholine rings is 1. The van der Waals surface area contributed by atoms with Gasteiger partial charge in [0.1, 0.15) is 5.75 Å². The third-order valence-corrected chi connectivity index (χ3v) is 3.33. The first-order valence-electron chi connectivity index (χ1n) is 6.00. The predicted molar refractivity (Wildman–Crippen MR) is 70.7 cm³/mol. The Hall–Kier alpha value is -1.30. The Morgan fingerprint density at radius 1 is 1.63 bits per heavy atom. The molecular formula is C13H16ClNO4. The molecule has 1 heterocycles. The number of methoxy groups -OCH3 is 1. The van der Waals surface area contributed by atoms with Crippen molar-refractivity contribution in [1.82, 2.24) is 4.90 Å². The number of benzene rings is 1. The molecule has 5 nitrogen and oxygen atoms in total. The van der Waals surface area contributed by atoms with Crippen LogP contribution >= 0.6 is 11.6 Å². The summed E-state index contributed by atoms with van der Waals surface area (Å²) in [6, 6.07) is 4.57. The average Bonchev–Trinajstić information content (AvgIpc) is 2.46. The van der Waals surface area contributed by atoms with Gasteiger partial charge in [0.05, 0.1) is 38.5 Å². The number of aliphatic hydroxyl groups excluding tert-OH is 1. The van der Waals surface area contributed by atoms with Crippen LogP contribution in [0.2, 0.25) is 5.02 Å². The molecule has 0 saturated carbocycles. The molecule has 1 fully saturated rings. The van der Waals surface area contributed by atoms with Crippen LogP contribution in [0.25, 0.3) is 0 Å². The van der Waals surface area contributed by atoms with Crippen LogP contribution in [0.4, 0.5) is 0 Å². The van der Waals surface area contributed by atoms with Gasteiger partial charge in [-0.15, -0.1) is 0 Å². The zero-order chi connectivity index (χ0) is 13.8. The number of carbonyl (C=O) groups excluding carboxylic acids is 1. The Morgan fingerprint density at radius 2 is 2.42 bits per heavy atom. The lowest BCUT2D eigenvalue weighted by molar-refractivity contribution is -0.0185. The highest BCUT2D eigenvalue weighted by Gasteiger charge is 2.29. The number of hydrogen-bond acceptors (Lipinski definition) is 4. The van der Waals surface area contributed by atoms with Gasteiger partial charge in [-0.05, 0) is 18.2 Å². The highest BCUT2D eigenvalue weighted by Crippen LogP contribution is 2.25. The van der Waals surface area contributed by atoms with Gasteiger partial charge in [0, 0.05) is 11.6 Å². The maximum atomic E-state index is 12.5. The quantitative estimate of drug-likeness (QED) is 0.906. The van der Waals surface area contributed by atoms with Gasteiger partial charge in [-0.3, -0.25) is 4.79 Å². The second-order valence-corrected chi connectivity index (χ2v) is 4.69. The fraction of sp³-hybridized carbons (Fsp3) is 0.462. The van der Waals surface area contributed by atoms with E-state index in [0.717, 1.165) is 0 Å². The minimum atomic E-state index is -0.329. The van der Waals surface area contributed by atoms with E-state index in [4.69, 9.17) is 21.1 Å². The average molecular weight is 286 g/mol. The number of amides is 1. The van der Waals surface area contributed by atoms with E-state index in [1.54, 1.807) is 23.1 Å². The van der Waals surface area contributed by atoms with Gasteiger partial charge in [-0.2, -0.15) is 0 Å². The van der Waals surface area contributed by atoms with Crippen molar-refractivity contribution < 1.29 is 19.4 Å². The SMILES string of the molecule is COc1ccc(Cl)cc1C(=O)N1CCOC[C@H]1CO. The number of halogens is 1. The molecule has 1 amide bonds. The summed E-state index contributed by atoms with van der Waals surface area (Å²) in [6.45, 7) is 1.12. The Bertz CT molecular complexity index is 466. The van der Waals surface area contributed by atoms with Gasteiger partial charge in [0.2, 0.25) is 0 Å². The Morgan fingerprint density at radius 3 is 3.11 bits per heavy atom. The monoisotopic (exact) mass is 285 g/mol. The molecule has 0 aliphatic carbocycles. The maximum Gasteiger partial charge on any atom is 0.258 e. The van der Waals surface area contributed by atoms with Gasteiger partial charge in [-0.1, -0.05) is 11.6 Å². The summed E-state index contributed by atoms with van der Waals surface area (Å²) in [7, 11) is 1.50. The normalized spacial score (nSPS) is 19.3. The van der Waals surface area contributed by atoms with Gasteiger partial charge >= 0.3 is 0 Å². The third kappa shape index (κ3) is 3.00. The summed E-state index contributed by atoms with van der Waals surface area (Å²) in [4.78, 5) is 14.1. The number of aliphatic hydroxyl groups is 1. The van der Waals surface area contributed by atoms with Crippen LogP contribution in [0.15, 0.2) is 18.2 Å². The first-order chi connectivity index (χ1) is 9.17. The van der Waals surface area contributed by atoms with Gasteiger partial charge in [0.15, 0.2) is 0 Å². The Balaban J connectivity index is 2.29. The van der Waals surface area contributed by atoms with Crippen LogP contribution in [0.1, 0.15) is 10.4 Å². The van der Waals surface area contributed by atoms with Crippen molar-refractivity contribution in [2.24, 2.45) is 0 Å². The zero-order valence-corrected chi connectivity index (χ0v) is 11.4. The van der Waals surface area contributed by atoms with Crippen molar-refractivity contribution in [3.05, 3.63) is 28.8 Å².